The number of thioether (sulfide) groups is 1. The molecule has 1 aliphatic rings. The molecule has 22 heavy (non-hydrogen) atoms. The number of carbonyl (C=O) groups excluding carboxylic acids is 1. The van der Waals surface area contributed by atoms with Gasteiger partial charge in [0, 0.05) is 18.8 Å². The van der Waals surface area contributed by atoms with Crippen molar-refractivity contribution in [2.24, 2.45) is 0 Å². The fourth-order valence-electron chi connectivity index (χ4n) is 2.39. The third-order valence-corrected chi connectivity index (χ3v) is 5.11. The molecule has 0 radical (unpaired) electrons. The molecule has 0 saturated carbocycles. The number of aryl methyl sites for hydroxylation is 1. The second-order valence-electron chi connectivity index (χ2n) is 5.44. The van der Waals surface area contributed by atoms with E-state index in [-0.39, 0.29) is 11.2 Å². The van der Waals surface area contributed by atoms with Gasteiger partial charge in [0.1, 0.15) is 11.1 Å². The average Bonchev–Trinajstić information content (AvgIpc) is 2.53. The summed E-state index contributed by atoms with van der Waals surface area (Å²) in [6, 6.07) is 2.23. The molecule has 5 nitrogen and oxygen atoms in total. The first kappa shape index (κ1) is 16.8. The normalized spacial score (nSPS) is 16.2. The Kier molecular flexibility index (Phi) is 5.43. The van der Waals surface area contributed by atoms with Crippen molar-refractivity contribution in [2.75, 3.05) is 26.3 Å². The van der Waals surface area contributed by atoms with Crippen molar-refractivity contribution in [3.05, 3.63) is 22.4 Å². The zero-order valence-corrected chi connectivity index (χ0v) is 14.3. The van der Waals surface area contributed by atoms with Crippen LogP contribution in [-0.2, 0) is 9.53 Å². The van der Waals surface area contributed by atoms with E-state index in [1.54, 1.807) is 0 Å². The van der Waals surface area contributed by atoms with E-state index in [4.69, 9.17) is 4.74 Å². The average molecular weight is 319 g/mol. The quantitative estimate of drug-likeness (QED) is 0.799. The van der Waals surface area contributed by atoms with E-state index in [2.05, 4.69) is 11.1 Å². The molecule has 0 spiro atoms. The summed E-state index contributed by atoms with van der Waals surface area (Å²) in [4.78, 5) is 18.8. The third kappa shape index (κ3) is 3.42. The number of rotatable bonds is 3. The van der Waals surface area contributed by atoms with Gasteiger partial charge in [-0.25, -0.2) is 4.98 Å². The van der Waals surface area contributed by atoms with Crippen LogP contribution in [0.3, 0.4) is 0 Å². The van der Waals surface area contributed by atoms with Gasteiger partial charge in [0.15, 0.2) is 0 Å². The fourth-order valence-corrected chi connectivity index (χ4v) is 3.48. The summed E-state index contributed by atoms with van der Waals surface area (Å²) in [7, 11) is 0. The minimum absolute atomic E-state index is 0.0786. The summed E-state index contributed by atoms with van der Waals surface area (Å²) >= 11 is 1.37. The lowest BCUT2D eigenvalue weighted by molar-refractivity contribution is -0.134. The zero-order chi connectivity index (χ0) is 16.3. The zero-order valence-electron chi connectivity index (χ0n) is 13.5. The number of nitriles is 1. The summed E-state index contributed by atoms with van der Waals surface area (Å²) in [5.41, 5.74) is 3.47. The van der Waals surface area contributed by atoms with Crippen LogP contribution in [0.15, 0.2) is 5.03 Å². The molecular formula is C16H21N3O2S. The van der Waals surface area contributed by atoms with Crippen molar-refractivity contribution in [3.8, 4) is 6.07 Å². The van der Waals surface area contributed by atoms with E-state index in [0.717, 1.165) is 16.8 Å². The van der Waals surface area contributed by atoms with Crippen LogP contribution in [0.4, 0.5) is 0 Å². The lowest BCUT2D eigenvalue weighted by atomic mass is 10.1. The first-order valence-corrected chi connectivity index (χ1v) is 8.24. The van der Waals surface area contributed by atoms with E-state index in [1.807, 2.05) is 32.6 Å². The third-order valence-electron chi connectivity index (χ3n) is 4.03. The Balaban J connectivity index is 2.19. The van der Waals surface area contributed by atoms with Crippen LogP contribution in [0, 0.1) is 32.1 Å². The molecule has 1 amide bonds. The molecule has 1 aliphatic heterocycles. The number of hydrogen-bond donors (Lipinski definition) is 0. The summed E-state index contributed by atoms with van der Waals surface area (Å²) in [6.45, 7) is 10.2. The van der Waals surface area contributed by atoms with E-state index in [1.165, 1.54) is 11.8 Å². The maximum absolute atomic E-state index is 12.5. The number of nitrogens with zero attached hydrogens (tertiary/aromatic N) is 3. The van der Waals surface area contributed by atoms with Crippen LogP contribution in [0.25, 0.3) is 0 Å². The van der Waals surface area contributed by atoms with Crippen molar-refractivity contribution in [1.82, 2.24) is 9.88 Å². The van der Waals surface area contributed by atoms with Crippen molar-refractivity contribution >= 4 is 17.7 Å². The molecule has 118 valence electrons. The molecule has 1 saturated heterocycles. The predicted molar refractivity (Wildman–Crippen MR) is 85.9 cm³/mol. The molecule has 0 aliphatic carbocycles. The van der Waals surface area contributed by atoms with Crippen LogP contribution in [0.1, 0.15) is 29.3 Å². The maximum atomic E-state index is 12.5. The highest BCUT2D eigenvalue weighted by Gasteiger charge is 2.25. The number of morpholine rings is 1. The molecule has 2 heterocycles. The largest absolute Gasteiger partial charge is 0.378 e. The van der Waals surface area contributed by atoms with Crippen molar-refractivity contribution < 1.29 is 9.53 Å². The summed E-state index contributed by atoms with van der Waals surface area (Å²) < 4.78 is 5.27. The Bertz CT molecular complexity index is 619. The molecule has 6 heteroatoms. The highest BCUT2D eigenvalue weighted by molar-refractivity contribution is 8.00. The second-order valence-corrected chi connectivity index (χ2v) is 6.77. The highest BCUT2D eigenvalue weighted by Crippen LogP contribution is 2.30. The van der Waals surface area contributed by atoms with Gasteiger partial charge in [0.05, 0.1) is 24.0 Å². The van der Waals surface area contributed by atoms with Crippen molar-refractivity contribution in [1.29, 1.82) is 5.26 Å². The Hall–Kier alpha value is -1.58. The summed E-state index contributed by atoms with van der Waals surface area (Å²) in [6.07, 6.45) is 0. The molecule has 0 aromatic carbocycles. The fraction of sp³-hybridized carbons (Fsp3) is 0.562. The minimum atomic E-state index is -0.265. The van der Waals surface area contributed by atoms with Gasteiger partial charge in [-0.15, -0.1) is 0 Å². The van der Waals surface area contributed by atoms with Gasteiger partial charge < -0.3 is 9.64 Å². The van der Waals surface area contributed by atoms with Gasteiger partial charge in [-0.3, -0.25) is 4.79 Å². The lowest BCUT2D eigenvalue weighted by Gasteiger charge is -2.29. The van der Waals surface area contributed by atoms with Crippen LogP contribution in [0.2, 0.25) is 0 Å². The number of pyridine rings is 1. The summed E-state index contributed by atoms with van der Waals surface area (Å²) in [5, 5.41) is 9.79. The van der Waals surface area contributed by atoms with Crippen LogP contribution < -0.4 is 0 Å². The molecule has 1 atom stereocenters. The number of aromatic nitrogens is 1. The molecule has 0 unspecified atom stereocenters. The van der Waals surface area contributed by atoms with E-state index in [0.29, 0.717) is 36.9 Å². The van der Waals surface area contributed by atoms with Gasteiger partial charge in [-0.05, 0) is 38.8 Å². The van der Waals surface area contributed by atoms with E-state index >= 15 is 0 Å². The van der Waals surface area contributed by atoms with Gasteiger partial charge in [0.25, 0.3) is 0 Å². The minimum Gasteiger partial charge on any atom is -0.378 e. The molecular weight excluding hydrogens is 298 g/mol. The monoisotopic (exact) mass is 319 g/mol. The van der Waals surface area contributed by atoms with E-state index < -0.39 is 0 Å². The Labute approximate surface area is 135 Å². The van der Waals surface area contributed by atoms with Crippen LogP contribution >= 0.6 is 11.8 Å². The number of carbonyl (C=O) groups is 1. The van der Waals surface area contributed by atoms with Crippen LogP contribution in [0.5, 0.6) is 0 Å². The predicted octanol–water partition coefficient (Wildman–Crippen LogP) is 2.22. The maximum Gasteiger partial charge on any atom is 0.235 e. The van der Waals surface area contributed by atoms with Crippen molar-refractivity contribution in [3.63, 3.8) is 0 Å². The SMILES string of the molecule is Cc1nc(S[C@@H](C)C(=O)N2CCOCC2)c(C#N)c(C)c1C. The Morgan fingerprint density at radius 1 is 1.32 bits per heavy atom. The summed E-state index contributed by atoms with van der Waals surface area (Å²) in [5.74, 6) is 0.0786. The first-order valence-electron chi connectivity index (χ1n) is 7.36. The Morgan fingerprint density at radius 3 is 2.55 bits per heavy atom. The lowest BCUT2D eigenvalue weighted by Crippen LogP contribution is -2.44. The topological polar surface area (TPSA) is 66.2 Å². The van der Waals surface area contributed by atoms with Gasteiger partial charge in [-0.2, -0.15) is 5.26 Å². The molecule has 1 fully saturated rings. The standard InChI is InChI=1S/C16H21N3O2S/c1-10-11(2)14(9-17)15(18-12(10)3)22-13(4)16(20)19-5-7-21-8-6-19/h13H,5-8H2,1-4H3/t13-/m0/s1. The number of hydrogen-bond acceptors (Lipinski definition) is 5. The molecule has 1 aromatic heterocycles. The number of ether oxygens (including phenoxy) is 1. The molecule has 2 rings (SSSR count). The second kappa shape index (κ2) is 7.12. The van der Waals surface area contributed by atoms with Gasteiger partial charge >= 0.3 is 0 Å². The van der Waals surface area contributed by atoms with Crippen molar-refractivity contribution in [2.45, 2.75) is 38.0 Å². The molecule has 0 N–H and O–H groups in total. The highest BCUT2D eigenvalue weighted by atomic mass is 32.2. The molecule has 1 aromatic rings. The van der Waals surface area contributed by atoms with E-state index in [9.17, 15) is 10.1 Å². The number of amides is 1. The smallest absolute Gasteiger partial charge is 0.235 e. The Morgan fingerprint density at radius 2 is 1.95 bits per heavy atom. The first-order chi connectivity index (χ1) is 10.5. The van der Waals surface area contributed by atoms with Gasteiger partial charge in [-0.1, -0.05) is 11.8 Å². The van der Waals surface area contributed by atoms with Crippen LogP contribution in [-0.4, -0.2) is 47.3 Å². The molecule has 0 bridgehead atoms. The van der Waals surface area contributed by atoms with Gasteiger partial charge in [0.2, 0.25) is 5.91 Å².